The number of rotatable bonds is 15. The molecule has 1 radical (unpaired) electrons. The van der Waals surface area contributed by atoms with Crippen molar-refractivity contribution in [1.82, 2.24) is 0 Å². The molecule has 0 unspecified atom stereocenters. The van der Waals surface area contributed by atoms with Crippen molar-refractivity contribution in [3.05, 3.63) is 0 Å². The summed E-state index contributed by atoms with van der Waals surface area (Å²) in [6, 6.07) is 0. The molecular formula is C16H33BCuO4. The predicted molar refractivity (Wildman–Crippen MR) is 86.6 cm³/mol. The van der Waals surface area contributed by atoms with E-state index in [1.165, 1.54) is 64.2 Å². The first-order valence-corrected chi connectivity index (χ1v) is 8.72. The maximum Gasteiger partial charge on any atom is 0.709 e. The molecule has 0 atom stereocenters. The van der Waals surface area contributed by atoms with Crippen molar-refractivity contribution in [2.75, 3.05) is 0 Å². The molecule has 0 bridgehead atoms. The van der Waals surface area contributed by atoms with Gasteiger partial charge in [0.1, 0.15) is 0 Å². The van der Waals surface area contributed by atoms with E-state index in [1.807, 2.05) is 0 Å². The topological polar surface area (TPSA) is 66.8 Å². The van der Waals surface area contributed by atoms with E-state index in [1.54, 1.807) is 0 Å². The Morgan fingerprint density at radius 3 is 1.50 bits per heavy atom. The Morgan fingerprint density at radius 2 is 1.14 bits per heavy atom. The number of hydrogen-bond donors (Lipinski definition) is 2. The van der Waals surface area contributed by atoms with E-state index in [0.717, 1.165) is 19.3 Å². The molecule has 0 heterocycles. The van der Waals surface area contributed by atoms with Crippen LogP contribution in [0, 0.1) is 0 Å². The first-order valence-electron chi connectivity index (χ1n) is 8.72. The molecule has 0 rings (SSSR count). The van der Waals surface area contributed by atoms with Crippen LogP contribution >= 0.6 is 0 Å². The van der Waals surface area contributed by atoms with Crippen LogP contribution in [0.2, 0.25) is 0 Å². The standard InChI is InChI=1S/C16H33BO4.Cu/c1-2-3-4-5-6-7-8-9-10-11-12-13-14-15-16(18)21-17(19)20;/h19-20H,2-15H2,1H3;. The monoisotopic (exact) mass is 363 g/mol. The summed E-state index contributed by atoms with van der Waals surface area (Å²) >= 11 is 0. The summed E-state index contributed by atoms with van der Waals surface area (Å²) < 4.78 is 4.23. The van der Waals surface area contributed by atoms with Crippen molar-refractivity contribution in [3.8, 4) is 0 Å². The molecule has 4 nitrogen and oxygen atoms in total. The minimum atomic E-state index is -1.97. The van der Waals surface area contributed by atoms with E-state index in [2.05, 4.69) is 11.6 Å². The van der Waals surface area contributed by atoms with Gasteiger partial charge in [0, 0.05) is 23.5 Å². The van der Waals surface area contributed by atoms with Gasteiger partial charge in [-0.2, -0.15) is 0 Å². The van der Waals surface area contributed by atoms with Gasteiger partial charge in [-0.3, -0.25) is 4.79 Å². The van der Waals surface area contributed by atoms with Gasteiger partial charge in [0.2, 0.25) is 0 Å². The van der Waals surface area contributed by atoms with E-state index in [0.29, 0.717) is 0 Å². The van der Waals surface area contributed by atoms with Crippen LogP contribution in [-0.2, 0) is 26.5 Å². The summed E-state index contributed by atoms with van der Waals surface area (Å²) in [6.45, 7) is 2.25. The average Bonchev–Trinajstić information content (AvgIpc) is 2.43. The third kappa shape index (κ3) is 20.0. The molecule has 0 aliphatic rings. The van der Waals surface area contributed by atoms with E-state index >= 15 is 0 Å². The van der Waals surface area contributed by atoms with Crippen LogP contribution in [0.25, 0.3) is 0 Å². The van der Waals surface area contributed by atoms with E-state index in [-0.39, 0.29) is 23.5 Å². The number of carbonyl (C=O) groups is 1. The number of carbonyl (C=O) groups excluding carboxylic acids is 1. The smallest absolute Gasteiger partial charge is 0.485 e. The van der Waals surface area contributed by atoms with Gasteiger partial charge in [0.15, 0.2) is 0 Å². The van der Waals surface area contributed by atoms with E-state index < -0.39 is 13.3 Å². The van der Waals surface area contributed by atoms with Gasteiger partial charge in [-0.1, -0.05) is 84.0 Å². The molecule has 2 N–H and O–H groups in total. The Kier molecular flexibility index (Phi) is 21.0. The van der Waals surface area contributed by atoms with Gasteiger partial charge in [0.25, 0.3) is 5.97 Å². The SMILES string of the molecule is CCCCCCCCCCCCCCCC(=O)OB(O)O.[Cu]. The molecule has 0 amide bonds. The second-order valence-corrected chi connectivity index (χ2v) is 5.81. The predicted octanol–water partition coefficient (Wildman–Crippen LogP) is 3.98. The van der Waals surface area contributed by atoms with Crippen LogP contribution in [0.1, 0.15) is 96.8 Å². The molecule has 6 heteroatoms. The third-order valence-electron chi connectivity index (χ3n) is 3.72. The summed E-state index contributed by atoms with van der Waals surface area (Å²) in [5, 5.41) is 16.9. The van der Waals surface area contributed by atoms with Gasteiger partial charge in [-0.25, -0.2) is 0 Å². The van der Waals surface area contributed by atoms with Crippen molar-refractivity contribution < 1.29 is 36.6 Å². The fraction of sp³-hybridized carbons (Fsp3) is 0.938. The summed E-state index contributed by atoms with van der Waals surface area (Å²) in [7, 11) is -1.97. The number of unbranched alkanes of at least 4 members (excludes halogenated alkanes) is 12. The molecular weight excluding hydrogens is 331 g/mol. The van der Waals surface area contributed by atoms with Gasteiger partial charge in [0.05, 0.1) is 0 Å². The maximum absolute atomic E-state index is 11.0. The zero-order valence-corrected chi connectivity index (χ0v) is 14.9. The molecule has 135 valence electrons. The molecule has 0 spiro atoms. The average molecular weight is 364 g/mol. The molecule has 0 fully saturated rings. The van der Waals surface area contributed by atoms with Crippen molar-refractivity contribution in [2.24, 2.45) is 0 Å². The molecule has 22 heavy (non-hydrogen) atoms. The first-order chi connectivity index (χ1) is 10.2. The Morgan fingerprint density at radius 1 is 0.773 bits per heavy atom. The van der Waals surface area contributed by atoms with Crippen LogP contribution in [0.15, 0.2) is 0 Å². The Labute approximate surface area is 147 Å². The largest absolute Gasteiger partial charge is 0.709 e. The Hall–Kier alpha value is -0.0256. The second-order valence-electron chi connectivity index (χ2n) is 5.81. The molecule has 0 aliphatic carbocycles. The summed E-state index contributed by atoms with van der Waals surface area (Å²) in [5.74, 6) is -0.534. The molecule has 0 saturated carbocycles. The zero-order chi connectivity index (χ0) is 15.8. The van der Waals surface area contributed by atoms with Gasteiger partial charge >= 0.3 is 7.32 Å². The van der Waals surface area contributed by atoms with Gasteiger partial charge in [-0.05, 0) is 6.42 Å². The normalized spacial score (nSPS) is 10.1. The summed E-state index contributed by atoms with van der Waals surface area (Å²) in [5.41, 5.74) is 0. The van der Waals surface area contributed by atoms with Crippen molar-refractivity contribution >= 4 is 13.3 Å². The van der Waals surface area contributed by atoms with Crippen molar-refractivity contribution in [1.29, 1.82) is 0 Å². The van der Waals surface area contributed by atoms with Crippen LogP contribution < -0.4 is 0 Å². The van der Waals surface area contributed by atoms with Gasteiger partial charge < -0.3 is 14.7 Å². The second kappa shape index (κ2) is 19.0. The minimum absolute atomic E-state index is 0. The fourth-order valence-corrected chi connectivity index (χ4v) is 2.46. The maximum atomic E-state index is 11.0. The molecule has 0 saturated heterocycles. The van der Waals surface area contributed by atoms with E-state index in [4.69, 9.17) is 10.0 Å². The van der Waals surface area contributed by atoms with Crippen LogP contribution in [0.5, 0.6) is 0 Å². The van der Waals surface area contributed by atoms with Crippen molar-refractivity contribution in [3.63, 3.8) is 0 Å². The Bertz CT molecular complexity index is 240. The number of hydrogen-bond acceptors (Lipinski definition) is 4. The Balaban J connectivity index is 0. The quantitative estimate of drug-likeness (QED) is 0.341. The third-order valence-corrected chi connectivity index (χ3v) is 3.72. The summed E-state index contributed by atoms with van der Waals surface area (Å²) in [4.78, 5) is 11.0. The van der Waals surface area contributed by atoms with Crippen LogP contribution in [-0.4, -0.2) is 23.3 Å². The molecule has 0 aromatic rings. The first kappa shape index (κ1) is 24.2. The van der Waals surface area contributed by atoms with Gasteiger partial charge in [-0.15, -0.1) is 0 Å². The molecule has 0 aliphatic heterocycles. The fourth-order valence-electron chi connectivity index (χ4n) is 2.46. The van der Waals surface area contributed by atoms with Crippen LogP contribution in [0.4, 0.5) is 0 Å². The summed E-state index contributed by atoms with van der Waals surface area (Å²) in [6.07, 6.45) is 16.6. The van der Waals surface area contributed by atoms with E-state index in [9.17, 15) is 4.79 Å². The zero-order valence-electron chi connectivity index (χ0n) is 14.0. The minimum Gasteiger partial charge on any atom is -0.485 e. The molecule has 0 aromatic heterocycles. The molecule has 0 aromatic carbocycles. The van der Waals surface area contributed by atoms with Crippen LogP contribution in [0.3, 0.4) is 0 Å². The van der Waals surface area contributed by atoms with Crippen molar-refractivity contribution in [2.45, 2.75) is 96.8 Å².